The lowest BCUT2D eigenvalue weighted by Crippen LogP contribution is -2.70. The minimum Gasteiger partial charge on any atom is -0.493 e. The Labute approximate surface area is 211 Å². The molecular formula is C27H34N2O7. The lowest BCUT2D eigenvalue weighted by molar-refractivity contribution is -0.165. The average Bonchev–Trinajstić information content (AvgIpc) is 2.88. The quantitative estimate of drug-likeness (QED) is 0.449. The highest BCUT2D eigenvalue weighted by Gasteiger charge is 2.55. The number of fused-ring (bicyclic) bond motifs is 1. The molecular weight excluding hydrogens is 464 g/mol. The van der Waals surface area contributed by atoms with Gasteiger partial charge in [0.05, 0.1) is 20.8 Å². The number of carbonyl (C=O) groups excluding carboxylic acids is 2. The van der Waals surface area contributed by atoms with Crippen molar-refractivity contribution < 1.29 is 33.7 Å². The number of nitrogens with two attached hydrogens (primary N) is 1. The molecule has 1 aliphatic heterocycles. The molecule has 0 aliphatic carbocycles. The van der Waals surface area contributed by atoms with Crippen LogP contribution in [-0.2, 0) is 37.6 Å². The van der Waals surface area contributed by atoms with Crippen molar-refractivity contribution in [2.24, 2.45) is 5.73 Å². The fraction of sp³-hybridized carbons (Fsp3) is 0.444. The number of aryl methyl sites for hydroxylation is 1. The zero-order chi connectivity index (χ0) is 26.5. The molecule has 36 heavy (non-hydrogen) atoms. The Morgan fingerprint density at radius 2 is 1.75 bits per heavy atom. The van der Waals surface area contributed by atoms with Crippen LogP contribution in [0.1, 0.15) is 43.4 Å². The minimum absolute atomic E-state index is 0.0161. The number of rotatable bonds is 11. The van der Waals surface area contributed by atoms with Crippen LogP contribution in [0.2, 0.25) is 0 Å². The first-order chi connectivity index (χ1) is 17.2. The third-order valence-electron chi connectivity index (χ3n) is 6.65. The van der Waals surface area contributed by atoms with Gasteiger partial charge >= 0.3 is 11.9 Å². The maximum absolute atomic E-state index is 13.6. The predicted octanol–water partition coefficient (Wildman–Crippen LogP) is 2.67. The van der Waals surface area contributed by atoms with Gasteiger partial charge in [0, 0.05) is 12.0 Å². The third kappa shape index (κ3) is 5.08. The molecule has 0 bridgehead atoms. The number of hydrogen-bond donors (Lipinski definition) is 2. The van der Waals surface area contributed by atoms with Gasteiger partial charge in [0.2, 0.25) is 0 Å². The second kappa shape index (κ2) is 11.5. The molecule has 9 nitrogen and oxygen atoms in total. The number of ketones is 1. The Hall–Kier alpha value is -3.43. The van der Waals surface area contributed by atoms with Crippen LogP contribution in [-0.4, -0.2) is 60.6 Å². The van der Waals surface area contributed by atoms with Crippen molar-refractivity contribution in [1.82, 2.24) is 4.90 Å². The van der Waals surface area contributed by atoms with Gasteiger partial charge in [0.25, 0.3) is 0 Å². The molecule has 3 atom stereocenters. The van der Waals surface area contributed by atoms with Crippen molar-refractivity contribution in [3.8, 4) is 11.5 Å². The molecule has 2 aromatic rings. The Morgan fingerprint density at radius 3 is 2.31 bits per heavy atom. The van der Waals surface area contributed by atoms with Crippen molar-refractivity contribution in [3.63, 3.8) is 0 Å². The highest BCUT2D eigenvalue weighted by molar-refractivity contribution is 5.92. The molecule has 3 N–H and O–H groups in total. The first-order valence-corrected chi connectivity index (χ1v) is 12.0. The molecule has 194 valence electrons. The Balaban J connectivity index is 2.22. The molecule has 0 fully saturated rings. The fourth-order valence-electron chi connectivity index (χ4n) is 4.93. The first kappa shape index (κ1) is 27.2. The molecule has 3 rings (SSSR count). The molecule has 0 saturated heterocycles. The van der Waals surface area contributed by atoms with E-state index in [1.165, 1.54) is 19.1 Å². The summed E-state index contributed by atoms with van der Waals surface area (Å²) >= 11 is 0. The fourth-order valence-corrected chi connectivity index (χ4v) is 4.93. The van der Waals surface area contributed by atoms with Crippen LogP contribution in [0.5, 0.6) is 11.5 Å². The smallest absolute Gasteiger partial charge is 0.323 e. The van der Waals surface area contributed by atoms with E-state index in [4.69, 9.17) is 19.9 Å². The maximum atomic E-state index is 13.6. The molecule has 1 heterocycles. The summed E-state index contributed by atoms with van der Waals surface area (Å²) in [5, 5.41) is 10.3. The van der Waals surface area contributed by atoms with Crippen LogP contribution < -0.4 is 15.2 Å². The summed E-state index contributed by atoms with van der Waals surface area (Å²) in [6, 6.07) is 10.4. The van der Waals surface area contributed by atoms with Gasteiger partial charge in [-0.2, -0.15) is 0 Å². The number of ether oxygens (including phenoxy) is 3. The van der Waals surface area contributed by atoms with E-state index >= 15 is 0 Å². The Kier molecular flexibility index (Phi) is 8.70. The summed E-state index contributed by atoms with van der Waals surface area (Å²) in [7, 11) is 2.94. The summed E-state index contributed by atoms with van der Waals surface area (Å²) in [5.74, 6) is -1.49. The van der Waals surface area contributed by atoms with Gasteiger partial charge in [-0.05, 0) is 49.4 Å². The summed E-state index contributed by atoms with van der Waals surface area (Å²) in [6.07, 6.45) is 0.719. The van der Waals surface area contributed by atoms with E-state index < -0.39 is 35.5 Å². The molecule has 3 unspecified atom stereocenters. The van der Waals surface area contributed by atoms with Gasteiger partial charge in [-0.15, -0.1) is 0 Å². The monoisotopic (exact) mass is 498 g/mol. The van der Waals surface area contributed by atoms with Crippen molar-refractivity contribution in [2.45, 2.75) is 57.3 Å². The van der Waals surface area contributed by atoms with E-state index in [9.17, 15) is 19.5 Å². The van der Waals surface area contributed by atoms with Crippen molar-refractivity contribution in [1.29, 1.82) is 0 Å². The highest BCUT2D eigenvalue weighted by Crippen LogP contribution is 2.43. The molecule has 0 amide bonds. The van der Waals surface area contributed by atoms with Gasteiger partial charge in [0.15, 0.2) is 22.9 Å². The Bertz CT molecular complexity index is 1100. The average molecular weight is 499 g/mol. The van der Waals surface area contributed by atoms with E-state index in [1.54, 1.807) is 26.0 Å². The number of nitrogens with zero attached hydrogens (tertiary/aromatic N) is 1. The summed E-state index contributed by atoms with van der Waals surface area (Å²) in [5.41, 5.74) is 6.92. The second-order valence-corrected chi connectivity index (χ2v) is 8.66. The summed E-state index contributed by atoms with van der Waals surface area (Å²) in [6.45, 7) is 3.44. The van der Waals surface area contributed by atoms with Gasteiger partial charge in [0.1, 0.15) is 12.1 Å². The van der Waals surface area contributed by atoms with Crippen molar-refractivity contribution >= 4 is 17.7 Å². The zero-order valence-corrected chi connectivity index (χ0v) is 21.2. The molecule has 0 aromatic heterocycles. The number of Topliss-reactive ketones (excluding diaryl/α,β-unsaturated/α-hetero) is 1. The Morgan fingerprint density at radius 1 is 1.11 bits per heavy atom. The van der Waals surface area contributed by atoms with E-state index in [2.05, 4.69) is 0 Å². The molecule has 0 spiro atoms. The topological polar surface area (TPSA) is 128 Å². The number of carbonyl (C=O) groups is 3. The van der Waals surface area contributed by atoms with E-state index in [0.29, 0.717) is 29.0 Å². The van der Waals surface area contributed by atoms with Gasteiger partial charge in [-0.25, -0.2) is 4.90 Å². The van der Waals surface area contributed by atoms with Crippen LogP contribution in [0.3, 0.4) is 0 Å². The number of carboxylic acid groups (broad SMARTS) is 1. The molecule has 0 saturated carbocycles. The van der Waals surface area contributed by atoms with Crippen LogP contribution in [0.25, 0.3) is 0 Å². The lowest BCUT2D eigenvalue weighted by Gasteiger charge is -2.50. The molecule has 0 radical (unpaired) electrons. The minimum atomic E-state index is -1.90. The van der Waals surface area contributed by atoms with Crippen LogP contribution in [0.4, 0.5) is 0 Å². The van der Waals surface area contributed by atoms with Gasteiger partial charge in [-0.3, -0.25) is 14.4 Å². The number of methoxy groups -OCH3 is 2. The normalized spacial score (nSPS) is 20.2. The third-order valence-corrected chi connectivity index (χ3v) is 6.65. The zero-order valence-electron chi connectivity index (χ0n) is 21.2. The number of esters is 1. The van der Waals surface area contributed by atoms with Gasteiger partial charge in [-0.1, -0.05) is 37.3 Å². The molecule has 1 aliphatic rings. The van der Waals surface area contributed by atoms with E-state index in [1.807, 2.05) is 30.3 Å². The number of aliphatic carboxylic acids is 1. The van der Waals surface area contributed by atoms with E-state index in [-0.39, 0.29) is 25.9 Å². The van der Waals surface area contributed by atoms with Crippen LogP contribution >= 0.6 is 0 Å². The standard InChI is InChI=1S/C27H34N2O7/c1-5-24(30)27(28)19-16-23(35-4)22(34-3)15-18(19)14-21(25(31)32)29(27)20(26(33)36-6-2)13-12-17-10-8-7-9-11-17/h7-11,15-16,20-21H,5-6,12-14,28H2,1-4H3,(H,31,32). The highest BCUT2D eigenvalue weighted by atomic mass is 16.5. The summed E-state index contributed by atoms with van der Waals surface area (Å²) in [4.78, 5) is 40.8. The number of benzene rings is 2. The molecule has 9 heteroatoms. The molecule has 2 aromatic carbocycles. The van der Waals surface area contributed by atoms with Crippen molar-refractivity contribution in [2.75, 3.05) is 20.8 Å². The van der Waals surface area contributed by atoms with Crippen LogP contribution in [0.15, 0.2) is 42.5 Å². The summed E-state index contributed by atoms with van der Waals surface area (Å²) < 4.78 is 16.2. The maximum Gasteiger partial charge on any atom is 0.323 e. The lowest BCUT2D eigenvalue weighted by atomic mass is 9.78. The van der Waals surface area contributed by atoms with Gasteiger partial charge < -0.3 is 25.1 Å². The SMILES string of the molecule is CCOC(=O)C(CCc1ccccc1)N1C(C(=O)O)Cc2cc(OC)c(OC)cc2C1(N)C(=O)CC. The number of hydrogen-bond acceptors (Lipinski definition) is 8. The predicted molar refractivity (Wildman–Crippen MR) is 133 cm³/mol. The number of carboxylic acids is 1. The van der Waals surface area contributed by atoms with E-state index in [0.717, 1.165) is 5.56 Å². The second-order valence-electron chi connectivity index (χ2n) is 8.66. The van der Waals surface area contributed by atoms with Crippen molar-refractivity contribution in [3.05, 3.63) is 59.2 Å². The first-order valence-electron chi connectivity index (χ1n) is 12.0. The van der Waals surface area contributed by atoms with Crippen LogP contribution in [0, 0.1) is 0 Å². The largest absolute Gasteiger partial charge is 0.493 e.